The Morgan fingerprint density at radius 2 is 2.33 bits per heavy atom. The van der Waals surface area contributed by atoms with Crippen LogP contribution in [0, 0.1) is 6.92 Å². The van der Waals surface area contributed by atoms with Gasteiger partial charge in [0.2, 0.25) is 0 Å². The molecule has 0 bridgehead atoms. The first kappa shape index (κ1) is 12.6. The molecule has 1 N–H and O–H groups in total. The molecule has 0 spiro atoms. The molecule has 1 aromatic heterocycles. The predicted octanol–water partition coefficient (Wildman–Crippen LogP) is 2.97. The number of nitrogens with zero attached hydrogens (tertiary/aromatic N) is 1. The Bertz CT molecular complexity index is 554. The molecule has 94 valence electrons. The SMILES string of the molecule is Cc1cc(NC(=O)c2cccc(OCBr)c2)no1. The number of aryl methyl sites for hydroxylation is 1. The van der Waals surface area contributed by atoms with Crippen LogP contribution in [0.4, 0.5) is 5.82 Å². The standard InChI is InChI=1S/C12H11BrN2O3/c1-8-5-11(15-18-8)14-12(16)9-3-2-4-10(6-9)17-7-13/h2-6H,7H2,1H3,(H,14,15,16). The third-order valence-corrected chi connectivity index (χ3v) is 2.42. The maximum absolute atomic E-state index is 11.9. The Labute approximate surface area is 112 Å². The number of carbonyl (C=O) groups excluding carboxylic acids is 1. The highest BCUT2D eigenvalue weighted by molar-refractivity contribution is 9.09. The highest BCUT2D eigenvalue weighted by Crippen LogP contribution is 2.15. The molecule has 6 heteroatoms. The monoisotopic (exact) mass is 310 g/mol. The number of rotatable bonds is 4. The van der Waals surface area contributed by atoms with Crippen molar-refractivity contribution in [1.82, 2.24) is 5.16 Å². The van der Waals surface area contributed by atoms with Crippen LogP contribution in [0.2, 0.25) is 0 Å². The molecule has 0 aliphatic rings. The summed E-state index contributed by atoms with van der Waals surface area (Å²) in [5, 5.41) is 6.33. The number of anilines is 1. The van der Waals surface area contributed by atoms with E-state index < -0.39 is 0 Å². The van der Waals surface area contributed by atoms with Gasteiger partial charge in [-0.2, -0.15) is 0 Å². The zero-order valence-corrected chi connectivity index (χ0v) is 11.2. The van der Waals surface area contributed by atoms with Gasteiger partial charge in [0.25, 0.3) is 5.91 Å². The predicted molar refractivity (Wildman–Crippen MR) is 70.1 cm³/mol. The van der Waals surface area contributed by atoms with Gasteiger partial charge < -0.3 is 14.6 Å². The average molecular weight is 311 g/mol. The fourth-order valence-corrected chi connectivity index (χ4v) is 1.67. The summed E-state index contributed by atoms with van der Waals surface area (Å²) >= 11 is 3.16. The quantitative estimate of drug-likeness (QED) is 0.882. The Kier molecular flexibility index (Phi) is 3.99. The van der Waals surface area contributed by atoms with Gasteiger partial charge in [-0.25, -0.2) is 0 Å². The summed E-state index contributed by atoms with van der Waals surface area (Å²) in [5.41, 5.74) is 0.870. The summed E-state index contributed by atoms with van der Waals surface area (Å²) in [5.74, 6) is 1.39. The number of halogens is 1. The largest absolute Gasteiger partial charge is 0.482 e. The lowest BCUT2D eigenvalue weighted by molar-refractivity contribution is 0.102. The Balaban J connectivity index is 2.11. The van der Waals surface area contributed by atoms with Gasteiger partial charge in [0.05, 0.1) is 0 Å². The van der Waals surface area contributed by atoms with Crippen molar-refractivity contribution in [2.45, 2.75) is 6.92 Å². The lowest BCUT2D eigenvalue weighted by Crippen LogP contribution is -2.12. The number of nitrogens with one attached hydrogen (secondary N) is 1. The Morgan fingerprint density at radius 3 is 3.00 bits per heavy atom. The number of alkyl halides is 1. The molecule has 0 radical (unpaired) electrons. The summed E-state index contributed by atoms with van der Waals surface area (Å²) in [6.07, 6.45) is 0. The molecule has 1 aromatic carbocycles. The highest BCUT2D eigenvalue weighted by atomic mass is 79.9. The van der Waals surface area contributed by atoms with Crippen LogP contribution in [0.5, 0.6) is 5.75 Å². The summed E-state index contributed by atoms with van der Waals surface area (Å²) in [7, 11) is 0. The molecule has 0 atom stereocenters. The second-order valence-electron chi connectivity index (χ2n) is 3.56. The van der Waals surface area contributed by atoms with Crippen LogP contribution in [0.3, 0.4) is 0 Å². The molecule has 2 aromatic rings. The number of ether oxygens (including phenoxy) is 1. The molecule has 0 saturated heterocycles. The second kappa shape index (κ2) is 5.68. The van der Waals surface area contributed by atoms with E-state index in [1.54, 1.807) is 37.3 Å². The van der Waals surface area contributed by atoms with Crippen molar-refractivity contribution < 1.29 is 14.1 Å². The fraction of sp³-hybridized carbons (Fsp3) is 0.167. The third-order valence-electron chi connectivity index (χ3n) is 2.19. The Hall–Kier alpha value is -1.82. The normalized spacial score (nSPS) is 10.1. The van der Waals surface area contributed by atoms with Crippen molar-refractivity contribution in [2.24, 2.45) is 0 Å². The lowest BCUT2D eigenvalue weighted by atomic mass is 10.2. The van der Waals surface area contributed by atoms with Crippen LogP contribution >= 0.6 is 15.9 Å². The zero-order chi connectivity index (χ0) is 13.0. The second-order valence-corrected chi connectivity index (χ2v) is 4.02. The number of aromatic nitrogens is 1. The topological polar surface area (TPSA) is 64.4 Å². The van der Waals surface area contributed by atoms with Gasteiger partial charge in [-0.1, -0.05) is 11.2 Å². The van der Waals surface area contributed by atoms with Crippen molar-refractivity contribution >= 4 is 27.7 Å². The average Bonchev–Trinajstić information content (AvgIpc) is 2.75. The van der Waals surface area contributed by atoms with Crippen molar-refractivity contribution in [3.05, 3.63) is 41.7 Å². The van der Waals surface area contributed by atoms with Crippen molar-refractivity contribution in [3.63, 3.8) is 0 Å². The molecule has 0 saturated carbocycles. The van der Waals surface area contributed by atoms with Crippen molar-refractivity contribution in [2.75, 3.05) is 10.8 Å². The lowest BCUT2D eigenvalue weighted by Gasteiger charge is -2.05. The number of hydrogen-bond acceptors (Lipinski definition) is 4. The number of amides is 1. The first-order chi connectivity index (χ1) is 8.69. The van der Waals surface area contributed by atoms with E-state index >= 15 is 0 Å². The summed E-state index contributed by atoms with van der Waals surface area (Å²) in [6.45, 7) is 1.76. The third kappa shape index (κ3) is 3.10. The smallest absolute Gasteiger partial charge is 0.257 e. The van der Waals surface area contributed by atoms with Crippen molar-refractivity contribution in [1.29, 1.82) is 0 Å². The van der Waals surface area contributed by atoms with E-state index in [2.05, 4.69) is 26.4 Å². The van der Waals surface area contributed by atoms with Gasteiger partial charge in [-0.05, 0) is 41.1 Å². The molecule has 5 nitrogen and oxygen atoms in total. The Morgan fingerprint density at radius 1 is 1.50 bits per heavy atom. The van der Waals surface area contributed by atoms with Crippen molar-refractivity contribution in [3.8, 4) is 5.75 Å². The molecule has 0 aliphatic carbocycles. The molecule has 1 heterocycles. The van der Waals surface area contributed by atoms with Crippen LogP contribution in [-0.2, 0) is 0 Å². The molecule has 0 fully saturated rings. The van der Waals surface area contributed by atoms with E-state index in [1.165, 1.54) is 0 Å². The molecular weight excluding hydrogens is 300 g/mol. The zero-order valence-electron chi connectivity index (χ0n) is 9.64. The number of carbonyl (C=O) groups is 1. The summed E-state index contributed by atoms with van der Waals surface area (Å²) in [4.78, 5) is 11.9. The van der Waals surface area contributed by atoms with Crippen LogP contribution in [-0.4, -0.2) is 16.6 Å². The van der Waals surface area contributed by atoms with Crippen LogP contribution in [0.15, 0.2) is 34.9 Å². The summed E-state index contributed by atoms with van der Waals surface area (Å²) < 4.78 is 10.1. The van der Waals surface area contributed by atoms with Crippen LogP contribution < -0.4 is 10.1 Å². The van der Waals surface area contributed by atoms with Crippen LogP contribution in [0.1, 0.15) is 16.1 Å². The van der Waals surface area contributed by atoms with E-state index in [1.807, 2.05) is 0 Å². The van der Waals surface area contributed by atoms with Gasteiger partial charge in [0.15, 0.2) is 5.82 Å². The van der Waals surface area contributed by atoms with E-state index in [9.17, 15) is 4.79 Å². The first-order valence-corrected chi connectivity index (χ1v) is 6.34. The minimum absolute atomic E-state index is 0.261. The van der Waals surface area contributed by atoms with E-state index in [4.69, 9.17) is 9.26 Å². The van der Waals surface area contributed by atoms with Gasteiger partial charge in [0, 0.05) is 11.6 Å². The van der Waals surface area contributed by atoms with Gasteiger partial charge in [0.1, 0.15) is 17.0 Å². The molecule has 18 heavy (non-hydrogen) atoms. The number of hydrogen-bond donors (Lipinski definition) is 1. The minimum Gasteiger partial charge on any atom is -0.482 e. The van der Waals surface area contributed by atoms with E-state index in [0.717, 1.165) is 0 Å². The molecular formula is C12H11BrN2O3. The van der Waals surface area contributed by atoms with Gasteiger partial charge in [-0.3, -0.25) is 4.79 Å². The maximum atomic E-state index is 11.9. The first-order valence-electron chi connectivity index (χ1n) is 5.22. The number of benzene rings is 1. The van der Waals surface area contributed by atoms with Gasteiger partial charge >= 0.3 is 0 Å². The van der Waals surface area contributed by atoms with E-state index in [-0.39, 0.29) is 5.91 Å². The fourth-order valence-electron chi connectivity index (χ4n) is 1.40. The summed E-state index contributed by atoms with van der Waals surface area (Å²) in [6, 6.07) is 8.53. The molecule has 1 amide bonds. The molecule has 0 aliphatic heterocycles. The highest BCUT2D eigenvalue weighted by Gasteiger charge is 2.09. The van der Waals surface area contributed by atoms with E-state index in [0.29, 0.717) is 28.4 Å². The molecule has 2 rings (SSSR count). The maximum Gasteiger partial charge on any atom is 0.257 e. The molecule has 0 unspecified atom stereocenters. The van der Waals surface area contributed by atoms with Gasteiger partial charge in [-0.15, -0.1) is 0 Å². The minimum atomic E-state index is -0.261. The van der Waals surface area contributed by atoms with Crippen LogP contribution in [0.25, 0.3) is 0 Å².